The lowest BCUT2D eigenvalue weighted by Crippen LogP contribution is -2.32. The van der Waals surface area contributed by atoms with E-state index in [2.05, 4.69) is 15.9 Å². The molecule has 0 spiro atoms. The molecule has 4 nitrogen and oxygen atoms in total. The van der Waals surface area contributed by atoms with E-state index in [0.717, 1.165) is 28.6 Å². The molecular formula is C14H20BrNO3. The lowest BCUT2D eigenvalue weighted by atomic mass is 9.88. The first-order chi connectivity index (χ1) is 9.01. The van der Waals surface area contributed by atoms with Gasteiger partial charge in [0.2, 0.25) is 0 Å². The van der Waals surface area contributed by atoms with Crippen LogP contribution in [0.15, 0.2) is 10.5 Å². The normalized spacial score (nSPS) is 17.8. The maximum Gasteiger partial charge on any atom is 0.175 e. The number of methoxy groups -OCH3 is 3. The Morgan fingerprint density at radius 1 is 1.16 bits per heavy atom. The van der Waals surface area contributed by atoms with Crippen molar-refractivity contribution >= 4 is 15.9 Å². The minimum atomic E-state index is -0.0241. The second-order valence-corrected chi connectivity index (χ2v) is 5.74. The number of ether oxygens (including phenoxy) is 3. The van der Waals surface area contributed by atoms with Gasteiger partial charge in [-0.3, -0.25) is 0 Å². The van der Waals surface area contributed by atoms with Crippen LogP contribution in [0.1, 0.15) is 25.3 Å². The van der Waals surface area contributed by atoms with E-state index in [4.69, 9.17) is 19.9 Å². The van der Waals surface area contributed by atoms with Gasteiger partial charge in [-0.1, -0.05) is 0 Å². The van der Waals surface area contributed by atoms with E-state index in [-0.39, 0.29) is 11.5 Å². The van der Waals surface area contributed by atoms with Gasteiger partial charge in [0.25, 0.3) is 0 Å². The van der Waals surface area contributed by atoms with Crippen LogP contribution < -0.4 is 19.9 Å². The van der Waals surface area contributed by atoms with Gasteiger partial charge in [-0.15, -0.1) is 0 Å². The molecule has 1 aliphatic rings. The quantitative estimate of drug-likeness (QED) is 0.902. The van der Waals surface area contributed by atoms with E-state index < -0.39 is 0 Å². The van der Waals surface area contributed by atoms with Crippen molar-refractivity contribution in [2.45, 2.75) is 31.2 Å². The molecule has 0 heterocycles. The fourth-order valence-electron chi connectivity index (χ4n) is 2.62. The molecule has 1 unspecified atom stereocenters. The largest absolute Gasteiger partial charge is 0.496 e. The first-order valence-electron chi connectivity index (χ1n) is 6.26. The summed E-state index contributed by atoms with van der Waals surface area (Å²) in [6, 6.07) is 1.93. The van der Waals surface area contributed by atoms with Gasteiger partial charge >= 0.3 is 0 Å². The molecule has 0 saturated heterocycles. The fraction of sp³-hybridized carbons (Fsp3) is 0.571. The molecule has 0 amide bonds. The van der Waals surface area contributed by atoms with Crippen LogP contribution in [-0.4, -0.2) is 27.4 Å². The smallest absolute Gasteiger partial charge is 0.175 e. The standard InChI is InChI=1S/C14H20BrNO3/c1-8(16)14(5-6-14)11-9(17-2)7-10(18-3)13(19-4)12(11)15/h7-8H,5-6,16H2,1-4H3. The molecule has 2 rings (SSSR count). The number of halogens is 1. The number of hydrogen-bond acceptors (Lipinski definition) is 4. The van der Waals surface area contributed by atoms with Crippen molar-refractivity contribution in [3.05, 3.63) is 16.1 Å². The van der Waals surface area contributed by atoms with E-state index in [1.165, 1.54) is 0 Å². The highest BCUT2D eigenvalue weighted by Crippen LogP contribution is 2.58. The number of nitrogens with two attached hydrogens (primary N) is 1. The molecule has 1 aromatic rings. The van der Waals surface area contributed by atoms with Crippen LogP contribution in [0, 0.1) is 0 Å². The van der Waals surface area contributed by atoms with E-state index in [9.17, 15) is 0 Å². The molecule has 1 fully saturated rings. The summed E-state index contributed by atoms with van der Waals surface area (Å²) in [6.07, 6.45) is 2.13. The maximum absolute atomic E-state index is 6.17. The summed E-state index contributed by atoms with van der Waals surface area (Å²) in [5, 5.41) is 0. The van der Waals surface area contributed by atoms with Crippen molar-refractivity contribution < 1.29 is 14.2 Å². The Hall–Kier alpha value is -0.940. The van der Waals surface area contributed by atoms with Crippen molar-refractivity contribution in [3.8, 4) is 17.2 Å². The van der Waals surface area contributed by atoms with Gasteiger partial charge < -0.3 is 19.9 Å². The summed E-state index contributed by atoms with van der Waals surface area (Å²) in [6.45, 7) is 2.04. The number of hydrogen-bond donors (Lipinski definition) is 1. The Labute approximate surface area is 122 Å². The summed E-state index contributed by atoms with van der Waals surface area (Å²) >= 11 is 3.63. The van der Waals surface area contributed by atoms with E-state index in [0.29, 0.717) is 11.5 Å². The molecule has 0 aromatic heterocycles. The van der Waals surface area contributed by atoms with Crippen LogP contribution in [0.25, 0.3) is 0 Å². The van der Waals surface area contributed by atoms with Crippen LogP contribution in [0.3, 0.4) is 0 Å². The molecule has 19 heavy (non-hydrogen) atoms. The van der Waals surface area contributed by atoms with Gasteiger partial charge in [-0.05, 0) is 35.7 Å². The fourth-order valence-corrected chi connectivity index (χ4v) is 3.57. The molecule has 106 valence electrons. The zero-order valence-corrected chi connectivity index (χ0v) is 13.3. The third-order valence-electron chi connectivity index (χ3n) is 3.95. The lowest BCUT2D eigenvalue weighted by Gasteiger charge is -2.26. The van der Waals surface area contributed by atoms with E-state index in [1.54, 1.807) is 21.3 Å². The van der Waals surface area contributed by atoms with Crippen LogP contribution in [-0.2, 0) is 5.41 Å². The van der Waals surface area contributed by atoms with Crippen LogP contribution in [0.4, 0.5) is 0 Å². The molecule has 0 aliphatic heterocycles. The number of benzene rings is 1. The van der Waals surface area contributed by atoms with E-state index >= 15 is 0 Å². The van der Waals surface area contributed by atoms with Crippen molar-refractivity contribution in [2.75, 3.05) is 21.3 Å². The molecular weight excluding hydrogens is 310 g/mol. The second kappa shape index (κ2) is 5.21. The van der Waals surface area contributed by atoms with Crippen molar-refractivity contribution in [1.82, 2.24) is 0 Å². The summed E-state index contributed by atoms with van der Waals surface area (Å²) < 4.78 is 17.2. The molecule has 0 bridgehead atoms. The first-order valence-corrected chi connectivity index (χ1v) is 7.05. The molecule has 1 aliphatic carbocycles. The topological polar surface area (TPSA) is 53.7 Å². The molecule has 2 N–H and O–H groups in total. The minimum absolute atomic E-state index is 0.0241. The highest BCUT2D eigenvalue weighted by Gasteiger charge is 2.51. The van der Waals surface area contributed by atoms with Gasteiger partial charge in [-0.25, -0.2) is 0 Å². The Morgan fingerprint density at radius 2 is 1.74 bits per heavy atom. The van der Waals surface area contributed by atoms with Crippen LogP contribution >= 0.6 is 15.9 Å². The Kier molecular flexibility index (Phi) is 3.97. The minimum Gasteiger partial charge on any atom is -0.496 e. The predicted octanol–water partition coefficient (Wildman–Crippen LogP) is 2.85. The average Bonchev–Trinajstić information content (AvgIpc) is 3.18. The first kappa shape index (κ1) is 14.5. The van der Waals surface area contributed by atoms with Crippen molar-refractivity contribution in [1.29, 1.82) is 0 Å². The highest BCUT2D eigenvalue weighted by atomic mass is 79.9. The zero-order chi connectivity index (χ0) is 14.2. The highest BCUT2D eigenvalue weighted by molar-refractivity contribution is 9.10. The SMILES string of the molecule is COc1cc(OC)c(C2(C(C)N)CC2)c(Br)c1OC. The number of rotatable bonds is 5. The molecule has 1 saturated carbocycles. The summed E-state index contributed by atoms with van der Waals surface area (Å²) in [5.74, 6) is 2.12. The Bertz CT molecular complexity index is 484. The molecule has 0 radical (unpaired) electrons. The van der Waals surface area contributed by atoms with E-state index in [1.807, 2.05) is 13.0 Å². The predicted molar refractivity (Wildman–Crippen MR) is 78.4 cm³/mol. The zero-order valence-electron chi connectivity index (χ0n) is 11.7. The van der Waals surface area contributed by atoms with Gasteiger partial charge in [0, 0.05) is 23.1 Å². The van der Waals surface area contributed by atoms with Crippen LogP contribution in [0.5, 0.6) is 17.2 Å². The summed E-state index contributed by atoms with van der Waals surface area (Å²) in [7, 11) is 4.90. The molecule has 5 heteroatoms. The Balaban J connectivity index is 2.66. The lowest BCUT2D eigenvalue weighted by molar-refractivity contribution is 0.342. The van der Waals surface area contributed by atoms with Gasteiger partial charge in [0.1, 0.15) is 5.75 Å². The van der Waals surface area contributed by atoms with Gasteiger partial charge in [-0.2, -0.15) is 0 Å². The average molecular weight is 330 g/mol. The monoisotopic (exact) mass is 329 g/mol. The maximum atomic E-state index is 6.17. The third-order valence-corrected chi connectivity index (χ3v) is 4.71. The summed E-state index contributed by atoms with van der Waals surface area (Å²) in [4.78, 5) is 0. The second-order valence-electron chi connectivity index (χ2n) is 4.95. The molecule has 1 aromatic carbocycles. The summed E-state index contributed by atoms with van der Waals surface area (Å²) in [5.41, 5.74) is 7.23. The third kappa shape index (κ3) is 2.19. The van der Waals surface area contributed by atoms with Crippen molar-refractivity contribution in [3.63, 3.8) is 0 Å². The van der Waals surface area contributed by atoms with Crippen molar-refractivity contribution in [2.24, 2.45) is 5.73 Å². The van der Waals surface area contributed by atoms with Crippen LogP contribution in [0.2, 0.25) is 0 Å². The van der Waals surface area contributed by atoms with Gasteiger partial charge in [0.05, 0.1) is 25.8 Å². The molecule has 1 atom stereocenters. The Morgan fingerprint density at radius 3 is 2.11 bits per heavy atom. The van der Waals surface area contributed by atoms with Gasteiger partial charge in [0.15, 0.2) is 11.5 Å².